The average Bonchev–Trinajstić information content (AvgIpc) is 2.93. The molecule has 0 spiro atoms. The molecule has 0 bridgehead atoms. The number of aromatic nitrogens is 2. The van der Waals surface area contributed by atoms with E-state index in [4.69, 9.17) is 9.47 Å². The number of thioether (sulfide) groups is 1. The van der Waals surface area contributed by atoms with Crippen LogP contribution in [-0.4, -0.2) is 23.2 Å². The van der Waals surface area contributed by atoms with Gasteiger partial charge in [0.2, 0.25) is 0 Å². The van der Waals surface area contributed by atoms with Gasteiger partial charge >= 0.3 is 0 Å². The highest BCUT2D eigenvalue weighted by molar-refractivity contribution is 7.98. The Morgan fingerprint density at radius 2 is 1.81 bits per heavy atom. The quantitative estimate of drug-likeness (QED) is 0.750. The lowest BCUT2D eigenvalue weighted by Gasteiger charge is -2.17. The van der Waals surface area contributed by atoms with Crippen molar-refractivity contribution in [2.45, 2.75) is 10.6 Å². The Kier molecular flexibility index (Phi) is 3.20. The zero-order valence-corrected chi connectivity index (χ0v) is 12.2. The number of aromatic amines is 1. The molecule has 2 aromatic carbocycles. The average molecular weight is 298 g/mol. The van der Waals surface area contributed by atoms with Gasteiger partial charge in [-0.1, -0.05) is 18.2 Å². The molecular formula is C16H14N2O2S. The van der Waals surface area contributed by atoms with E-state index in [1.807, 2.05) is 30.3 Å². The Labute approximate surface area is 126 Å². The van der Waals surface area contributed by atoms with Gasteiger partial charge in [-0.25, -0.2) is 4.98 Å². The fourth-order valence-corrected chi connectivity index (χ4v) is 3.13. The molecule has 0 saturated carbocycles. The number of ether oxygens (including phenoxy) is 2. The van der Waals surface area contributed by atoms with E-state index in [0.29, 0.717) is 13.2 Å². The van der Waals surface area contributed by atoms with Crippen molar-refractivity contribution in [1.29, 1.82) is 0 Å². The summed E-state index contributed by atoms with van der Waals surface area (Å²) in [7, 11) is 0. The highest BCUT2D eigenvalue weighted by Crippen LogP contribution is 2.34. The number of nitrogens with zero attached hydrogens (tertiary/aromatic N) is 1. The maximum Gasteiger partial charge on any atom is 0.163 e. The first-order valence-corrected chi connectivity index (χ1v) is 7.83. The van der Waals surface area contributed by atoms with E-state index in [1.165, 1.54) is 4.90 Å². The monoisotopic (exact) mass is 298 g/mol. The van der Waals surface area contributed by atoms with E-state index in [2.05, 4.69) is 22.1 Å². The summed E-state index contributed by atoms with van der Waals surface area (Å²) in [5.41, 5.74) is 1.91. The number of hydrogen-bond acceptors (Lipinski definition) is 4. The first-order chi connectivity index (χ1) is 10.4. The zero-order chi connectivity index (χ0) is 14.1. The third kappa shape index (κ3) is 2.56. The van der Waals surface area contributed by atoms with Gasteiger partial charge in [-0.15, -0.1) is 11.8 Å². The topological polar surface area (TPSA) is 47.1 Å². The third-order valence-electron chi connectivity index (χ3n) is 3.31. The molecule has 4 nitrogen and oxygen atoms in total. The fraction of sp³-hybridized carbons (Fsp3) is 0.188. The molecule has 5 heteroatoms. The molecule has 0 unspecified atom stereocenters. The lowest BCUT2D eigenvalue weighted by Crippen LogP contribution is -2.15. The van der Waals surface area contributed by atoms with Crippen molar-refractivity contribution >= 4 is 22.8 Å². The molecule has 2 heterocycles. The molecule has 0 saturated heterocycles. The SMILES string of the molecule is c1ccc(SCc2nc3cc4c(cc3[nH]2)OCCO4)cc1. The van der Waals surface area contributed by atoms with Gasteiger partial charge in [0, 0.05) is 17.0 Å². The molecule has 1 aromatic heterocycles. The van der Waals surface area contributed by atoms with Gasteiger partial charge in [0.15, 0.2) is 11.5 Å². The van der Waals surface area contributed by atoms with Crippen molar-refractivity contribution in [3.05, 3.63) is 48.3 Å². The minimum absolute atomic E-state index is 0.597. The van der Waals surface area contributed by atoms with Crippen molar-refractivity contribution in [2.24, 2.45) is 0 Å². The van der Waals surface area contributed by atoms with Crippen LogP contribution in [0.3, 0.4) is 0 Å². The van der Waals surface area contributed by atoms with Gasteiger partial charge in [0.1, 0.15) is 19.0 Å². The molecule has 0 amide bonds. The van der Waals surface area contributed by atoms with Gasteiger partial charge in [0.05, 0.1) is 16.8 Å². The maximum atomic E-state index is 5.59. The predicted octanol–water partition coefficient (Wildman–Crippen LogP) is 3.63. The molecule has 1 N–H and O–H groups in total. The first kappa shape index (κ1) is 12.6. The highest BCUT2D eigenvalue weighted by atomic mass is 32.2. The Hall–Kier alpha value is -2.14. The highest BCUT2D eigenvalue weighted by Gasteiger charge is 2.14. The Morgan fingerprint density at radius 3 is 2.62 bits per heavy atom. The zero-order valence-electron chi connectivity index (χ0n) is 11.3. The van der Waals surface area contributed by atoms with Gasteiger partial charge < -0.3 is 14.5 Å². The van der Waals surface area contributed by atoms with Crippen LogP contribution in [0, 0.1) is 0 Å². The Bertz CT molecular complexity index is 728. The number of benzene rings is 2. The van der Waals surface area contributed by atoms with Gasteiger partial charge in [-0.05, 0) is 12.1 Å². The van der Waals surface area contributed by atoms with Crippen molar-refractivity contribution in [3.8, 4) is 11.5 Å². The lowest BCUT2D eigenvalue weighted by atomic mass is 10.2. The van der Waals surface area contributed by atoms with E-state index in [0.717, 1.165) is 34.1 Å². The molecule has 106 valence electrons. The second kappa shape index (κ2) is 5.33. The van der Waals surface area contributed by atoms with Gasteiger partial charge in [-0.2, -0.15) is 0 Å². The molecule has 1 aliphatic heterocycles. The van der Waals surface area contributed by atoms with Crippen LogP contribution in [-0.2, 0) is 5.75 Å². The number of nitrogens with one attached hydrogen (secondary N) is 1. The normalized spacial score (nSPS) is 13.5. The van der Waals surface area contributed by atoms with Crippen molar-refractivity contribution in [1.82, 2.24) is 9.97 Å². The van der Waals surface area contributed by atoms with Crippen LogP contribution in [0.2, 0.25) is 0 Å². The summed E-state index contributed by atoms with van der Waals surface area (Å²) in [6.45, 7) is 1.20. The van der Waals surface area contributed by atoms with Gasteiger partial charge in [0.25, 0.3) is 0 Å². The number of fused-ring (bicyclic) bond motifs is 2. The summed E-state index contributed by atoms with van der Waals surface area (Å²) in [5, 5.41) is 0. The fourth-order valence-electron chi connectivity index (χ4n) is 2.34. The summed E-state index contributed by atoms with van der Waals surface area (Å²) < 4.78 is 11.2. The Balaban J connectivity index is 1.59. The van der Waals surface area contributed by atoms with Crippen LogP contribution in [0.25, 0.3) is 11.0 Å². The predicted molar refractivity (Wildman–Crippen MR) is 83.1 cm³/mol. The van der Waals surface area contributed by atoms with E-state index in [-0.39, 0.29) is 0 Å². The first-order valence-electron chi connectivity index (χ1n) is 6.84. The molecule has 0 atom stereocenters. The van der Waals surface area contributed by atoms with Crippen LogP contribution in [0.4, 0.5) is 0 Å². The second-order valence-corrected chi connectivity index (χ2v) is 5.85. The summed E-state index contributed by atoms with van der Waals surface area (Å²) >= 11 is 1.76. The van der Waals surface area contributed by atoms with E-state index >= 15 is 0 Å². The molecule has 4 rings (SSSR count). The maximum absolute atomic E-state index is 5.59. The molecule has 3 aromatic rings. The van der Waals surface area contributed by atoms with Crippen LogP contribution in [0.15, 0.2) is 47.4 Å². The van der Waals surface area contributed by atoms with Crippen LogP contribution in [0.1, 0.15) is 5.82 Å². The van der Waals surface area contributed by atoms with Crippen LogP contribution >= 0.6 is 11.8 Å². The lowest BCUT2D eigenvalue weighted by molar-refractivity contribution is 0.172. The Morgan fingerprint density at radius 1 is 1.05 bits per heavy atom. The molecule has 1 aliphatic rings. The van der Waals surface area contributed by atoms with E-state index in [1.54, 1.807) is 11.8 Å². The summed E-state index contributed by atoms with van der Waals surface area (Å²) in [4.78, 5) is 9.21. The smallest absolute Gasteiger partial charge is 0.163 e. The van der Waals surface area contributed by atoms with Crippen molar-refractivity contribution in [3.63, 3.8) is 0 Å². The minimum Gasteiger partial charge on any atom is -0.486 e. The largest absolute Gasteiger partial charge is 0.486 e. The van der Waals surface area contributed by atoms with Gasteiger partial charge in [-0.3, -0.25) is 0 Å². The number of imidazole rings is 1. The summed E-state index contributed by atoms with van der Waals surface area (Å²) in [5.74, 6) is 3.34. The number of hydrogen-bond donors (Lipinski definition) is 1. The van der Waals surface area contributed by atoms with E-state index in [9.17, 15) is 0 Å². The van der Waals surface area contributed by atoms with Crippen molar-refractivity contribution in [2.75, 3.05) is 13.2 Å². The number of rotatable bonds is 3. The summed E-state index contributed by atoms with van der Waals surface area (Å²) in [6, 6.07) is 14.2. The van der Waals surface area contributed by atoms with E-state index < -0.39 is 0 Å². The van der Waals surface area contributed by atoms with Crippen LogP contribution in [0.5, 0.6) is 11.5 Å². The standard InChI is InChI=1S/C16H14N2O2S/c1-2-4-11(5-3-1)21-10-16-17-12-8-14-15(9-13(12)18-16)20-7-6-19-14/h1-5,8-9H,6-7,10H2,(H,17,18). The van der Waals surface area contributed by atoms with Crippen molar-refractivity contribution < 1.29 is 9.47 Å². The summed E-state index contributed by atoms with van der Waals surface area (Å²) in [6.07, 6.45) is 0. The molecule has 0 radical (unpaired) electrons. The molecular weight excluding hydrogens is 284 g/mol. The molecule has 0 fully saturated rings. The number of H-pyrrole nitrogens is 1. The minimum atomic E-state index is 0.597. The molecule has 21 heavy (non-hydrogen) atoms. The third-order valence-corrected chi connectivity index (χ3v) is 4.34. The van der Waals surface area contributed by atoms with Crippen LogP contribution < -0.4 is 9.47 Å². The second-order valence-electron chi connectivity index (χ2n) is 4.80. The molecule has 0 aliphatic carbocycles.